The van der Waals surface area contributed by atoms with Crippen molar-refractivity contribution in [3.8, 4) is 0 Å². The van der Waals surface area contributed by atoms with Crippen LogP contribution in [-0.2, 0) is 9.84 Å². The molecule has 1 N–H and O–H groups in total. The van der Waals surface area contributed by atoms with Gasteiger partial charge in [-0.1, -0.05) is 0 Å². The topological polar surface area (TPSA) is 46.2 Å². The van der Waals surface area contributed by atoms with Crippen LogP contribution in [0.1, 0.15) is 26.7 Å². The maximum absolute atomic E-state index is 11.6. The molecule has 1 unspecified atom stereocenters. The molecule has 1 heterocycles. The molecule has 1 aliphatic rings. The van der Waals surface area contributed by atoms with Crippen LogP contribution >= 0.6 is 0 Å². The molecule has 72 valence electrons. The molecular weight excluding hydrogens is 174 g/mol. The third-order valence-electron chi connectivity index (χ3n) is 2.37. The van der Waals surface area contributed by atoms with Crippen LogP contribution in [0.5, 0.6) is 0 Å². The van der Waals surface area contributed by atoms with E-state index in [4.69, 9.17) is 0 Å². The molecule has 1 atom stereocenters. The van der Waals surface area contributed by atoms with E-state index in [0.717, 1.165) is 19.4 Å². The molecule has 0 bridgehead atoms. The molecule has 1 aliphatic heterocycles. The monoisotopic (exact) mass is 191 g/mol. The van der Waals surface area contributed by atoms with Crippen molar-refractivity contribution in [2.75, 3.05) is 13.1 Å². The van der Waals surface area contributed by atoms with E-state index in [9.17, 15) is 8.42 Å². The second-order valence-corrected chi connectivity index (χ2v) is 6.39. The fourth-order valence-electron chi connectivity index (χ4n) is 1.49. The summed E-state index contributed by atoms with van der Waals surface area (Å²) >= 11 is 0. The summed E-state index contributed by atoms with van der Waals surface area (Å²) in [5.41, 5.74) is 0. The van der Waals surface area contributed by atoms with Gasteiger partial charge in [0.1, 0.15) is 0 Å². The molecule has 0 aromatic heterocycles. The maximum Gasteiger partial charge on any atom is 0.156 e. The van der Waals surface area contributed by atoms with Gasteiger partial charge in [0.05, 0.1) is 10.5 Å². The summed E-state index contributed by atoms with van der Waals surface area (Å²) in [5, 5.41) is 2.74. The second-order valence-electron chi connectivity index (χ2n) is 3.61. The summed E-state index contributed by atoms with van der Waals surface area (Å²) in [4.78, 5) is 0. The molecular formula is C8H17NO2S. The van der Waals surface area contributed by atoms with Gasteiger partial charge >= 0.3 is 0 Å². The average Bonchev–Trinajstić information content (AvgIpc) is 2.06. The van der Waals surface area contributed by atoms with E-state index in [1.54, 1.807) is 13.8 Å². The van der Waals surface area contributed by atoms with E-state index in [2.05, 4.69) is 5.32 Å². The lowest BCUT2D eigenvalue weighted by Crippen LogP contribution is -2.41. The Morgan fingerprint density at radius 2 is 2.08 bits per heavy atom. The molecule has 1 fully saturated rings. The normalized spacial score (nSPS) is 26.1. The van der Waals surface area contributed by atoms with Crippen LogP contribution in [0.3, 0.4) is 0 Å². The van der Waals surface area contributed by atoms with Crippen molar-refractivity contribution in [2.45, 2.75) is 37.2 Å². The number of hydrogen-bond donors (Lipinski definition) is 1. The van der Waals surface area contributed by atoms with E-state index < -0.39 is 9.84 Å². The molecule has 0 amide bonds. The van der Waals surface area contributed by atoms with Crippen molar-refractivity contribution in [1.82, 2.24) is 5.32 Å². The lowest BCUT2D eigenvalue weighted by Gasteiger charge is -2.24. The number of piperidine rings is 1. The van der Waals surface area contributed by atoms with E-state index in [1.807, 2.05) is 0 Å². The molecule has 0 aromatic rings. The molecule has 0 aromatic carbocycles. The van der Waals surface area contributed by atoms with Gasteiger partial charge in [0.25, 0.3) is 0 Å². The molecule has 12 heavy (non-hydrogen) atoms. The van der Waals surface area contributed by atoms with Crippen LogP contribution in [0.15, 0.2) is 0 Å². The quantitative estimate of drug-likeness (QED) is 0.694. The molecule has 1 rings (SSSR count). The van der Waals surface area contributed by atoms with Crippen molar-refractivity contribution in [1.29, 1.82) is 0 Å². The first-order valence-corrected chi connectivity index (χ1v) is 6.09. The largest absolute Gasteiger partial charge is 0.315 e. The minimum Gasteiger partial charge on any atom is -0.315 e. The van der Waals surface area contributed by atoms with Gasteiger partial charge < -0.3 is 5.32 Å². The van der Waals surface area contributed by atoms with Crippen LogP contribution in [0.25, 0.3) is 0 Å². The van der Waals surface area contributed by atoms with E-state index in [1.165, 1.54) is 0 Å². The van der Waals surface area contributed by atoms with Gasteiger partial charge in [-0.3, -0.25) is 0 Å². The van der Waals surface area contributed by atoms with Gasteiger partial charge in [-0.2, -0.15) is 0 Å². The zero-order valence-corrected chi connectivity index (χ0v) is 8.52. The van der Waals surface area contributed by atoms with Crippen LogP contribution in [-0.4, -0.2) is 32.0 Å². The Balaban J connectivity index is 2.67. The predicted molar refractivity (Wildman–Crippen MR) is 49.9 cm³/mol. The minimum absolute atomic E-state index is 0.147. The first kappa shape index (κ1) is 9.99. The predicted octanol–water partition coefficient (Wildman–Crippen LogP) is 0.562. The number of nitrogens with one attached hydrogen (secondary N) is 1. The van der Waals surface area contributed by atoms with Crippen LogP contribution < -0.4 is 5.32 Å². The fourth-order valence-corrected chi connectivity index (χ4v) is 3.10. The van der Waals surface area contributed by atoms with Gasteiger partial charge in [0.15, 0.2) is 9.84 Å². The maximum atomic E-state index is 11.6. The third kappa shape index (κ3) is 1.98. The van der Waals surface area contributed by atoms with Crippen molar-refractivity contribution in [3.05, 3.63) is 0 Å². The van der Waals surface area contributed by atoms with Crippen LogP contribution in [0.2, 0.25) is 0 Å². The Hall–Kier alpha value is -0.0900. The van der Waals surface area contributed by atoms with Crippen molar-refractivity contribution in [3.63, 3.8) is 0 Å². The lowest BCUT2D eigenvalue weighted by atomic mass is 10.2. The molecule has 0 saturated carbocycles. The summed E-state index contributed by atoms with van der Waals surface area (Å²) in [6.45, 7) is 5.11. The molecule has 0 aliphatic carbocycles. The highest BCUT2D eigenvalue weighted by molar-refractivity contribution is 7.92. The molecule has 3 nitrogen and oxygen atoms in total. The second kappa shape index (κ2) is 3.75. The standard InChI is InChI=1S/C8H17NO2S/c1-7(2)12(10,11)8-4-3-5-9-6-8/h7-9H,3-6H2,1-2H3. The zero-order valence-electron chi connectivity index (χ0n) is 7.71. The first-order valence-electron chi connectivity index (χ1n) is 4.48. The van der Waals surface area contributed by atoms with Gasteiger partial charge in [-0.05, 0) is 33.2 Å². The van der Waals surface area contributed by atoms with Crippen LogP contribution in [0, 0.1) is 0 Å². The highest BCUT2D eigenvalue weighted by Gasteiger charge is 2.29. The van der Waals surface area contributed by atoms with Gasteiger partial charge in [0.2, 0.25) is 0 Å². The van der Waals surface area contributed by atoms with Crippen LogP contribution in [0.4, 0.5) is 0 Å². The smallest absolute Gasteiger partial charge is 0.156 e. The SMILES string of the molecule is CC(C)S(=O)(=O)C1CCCNC1. The van der Waals surface area contributed by atoms with Gasteiger partial charge in [-0.25, -0.2) is 8.42 Å². The summed E-state index contributed by atoms with van der Waals surface area (Å²) in [5.74, 6) is 0. The Labute approximate surface area is 74.5 Å². The first-order chi connectivity index (χ1) is 5.55. The average molecular weight is 191 g/mol. The number of hydrogen-bond acceptors (Lipinski definition) is 3. The molecule has 0 radical (unpaired) electrons. The third-order valence-corrected chi connectivity index (χ3v) is 5.02. The summed E-state index contributed by atoms with van der Waals surface area (Å²) < 4.78 is 23.3. The summed E-state index contributed by atoms with van der Waals surface area (Å²) in [6, 6.07) is 0. The molecule has 4 heteroatoms. The Morgan fingerprint density at radius 1 is 1.42 bits per heavy atom. The van der Waals surface area contributed by atoms with Gasteiger partial charge in [0, 0.05) is 6.54 Å². The van der Waals surface area contributed by atoms with E-state index in [-0.39, 0.29) is 10.5 Å². The summed E-state index contributed by atoms with van der Waals surface area (Å²) in [6.07, 6.45) is 1.81. The van der Waals surface area contributed by atoms with Gasteiger partial charge in [-0.15, -0.1) is 0 Å². The van der Waals surface area contributed by atoms with Crippen molar-refractivity contribution < 1.29 is 8.42 Å². The Kier molecular flexibility index (Phi) is 3.12. The molecule has 1 saturated heterocycles. The lowest BCUT2D eigenvalue weighted by molar-refractivity contribution is 0.493. The zero-order chi connectivity index (χ0) is 9.19. The number of sulfone groups is 1. The fraction of sp³-hybridized carbons (Fsp3) is 1.00. The molecule has 0 spiro atoms. The Bertz CT molecular complexity index is 227. The Morgan fingerprint density at radius 3 is 2.50 bits per heavy atom. The van der Waals surface area contributed by atoms with Crippen molar-refractivity contribution >= 4 is 9.84 Å². The number of rotatable bonds is 2. The minimum atomic E-state index is -2.86. The van der Waals surface area contributed by atoms with E-state index in [0.29, 0.717) is 6.54 Å². The highest BCUT2D eigenvalue weighted by Crippen LogP contribution is 2.16. The van der Waals surface area contributed by atoms with Crippen molar-refractivity contribution in [2.24, 2.45) is 0 Å². The highest BCUT2D eigenvalue weighted by atomic mass is 32.2. The van der Waals surface area contributed by atoms with E-state index >= 15 is 0 Å². The summed E-state index contributed by atoms with van der Waals surface area (Å²) in [7, 11) is -2.86.